The van der Waals surface area contributed by atoms with Crippen LogP contribution in [-0.4, -0.2) is 15.6 Å². The number of halogens is 5. The number of carbonyl (C=O) groups is 1. The number of hydrogen-bond donors (Lipinski definition) is 0. The summed E-state index contributed by atoms with van der Waals surface area (Å²) >= 11 is 30.2. The van der Waals surface area contributed by atoms with E-state index in [4.69, 9.17) is 67.2 Å². The Morgan fingerprint density at radius 3 is 2.32 bits per heavy atom. The van der Waals surface area contributed by atoms with E-state index in [1.807, 2.05) is 0 Å². The second kappa shape index (κ2) is 8.80. The number of ether oxygens (including phenoxy) is 1. The number of rotatable bonds is 6. The number of aryl methyl sites for hydroxylation is 1. The Morgan fingerprint density at radius 1 is 1.07 bits per heavy atom. The van der Waals surface area contributed by atoms with Crippen molar-refractivity contribution in [2.45, 2.75) is 6.61 Å². The summed E-state index contributed by atoms with van der Waals surface area (Å²) in [5.74, 6) is 0.848. The van der Waals surface area contributed by atoms with Crippen LogP contribution >= 0.6 is 58.0 Å². The van der Waals surface area contributed by atoms with Crippen LogP contribution < -0.4 is 4.74 Å². The summed E-state index contributed by atoms with van der Waals surface area (Å²) in [6.45, 7) is 0.0112. The van der Waals surface area contributed by atoms with Crippen LogP contribution in [0.5, 0.6) is 5.75 Å². The summed E-state index contributed by atoms with van der Waals surface area (Å²) in [5.41, 5.74) is 0.465. The van der Waals surface area contributed by atoms with Crippen molar-refractivity contribution in [2.24, 2.45) is 7.05 Å². The molecule has 0 aliphatic rings. The third-order valence-corrected chi connectivity index (χ3v) is 5.93. The van der Waals surface area contributed by atoms with Gasteiger partial charge in [0.25, 0.3) is 0 Å². The van der Waals surface area contributed by atoms with E-state index in [1.165, 1.54) is 10.8 Å². The Morgan fingerprint density at radius 2 is 1.71 bits per heavy atom. The molecular formula is C18H11Cl5N2O3. The van der Waals surface area contributed by atoms with Gasteiger partial charge in [-0.15, -0.1) is 0 Å². The van der Waals surface area contributed by atoms with Gasteiger partial charge < -0.3 is 9.15 Å². The SMILES string of the molecule is Cn1nccc1C(=O)/C=C/c1ccc(COc2c(Cl)c(Cl)c(Cl)c(Cl)c2Cl)o1. The summed E-state index contributed by atoms with van der Waals surface area (Å²) in [4.78, 5) is 12.1. The smallest absolute Gasteiger partial charge is 0.203 e. The maximum Gasteiger partial charge on any atom is 0.203 e. The molecule has 0 spiro atoms. The average Bonchev–Trinajstić information content (AvgIpc) is 3.31. The number of ketones is 1. The maximum atomic E-state index is 12.1. The molecule has 0 fully saturated rings. The lowest BCUT2D eigenvalue weighted by atomic mass is 10.2. The maximum absolute atomic E-state index is 12.1. The first kappa shape index (κ1) is 21.1. The van der Waals surface area contributed by atoms with Crippen molar-refractivity contribution < 1.29 is 13.9 Å². The van der Waals surface area contributed by atoms with E-state index >= 15 is 0 Å². The molecule has 0 aliphatic carbocycles. The van der Waals surface area contributed by atoms with Crippen molar-refractivity contribution in [1.82, 2.24) is 9.78 Å². The molecule has 2 aromatic heterocycles. The van der Waals surface area contributed by atoms with Gasteiger partial charge in [-0.05, 0) is 30.4 Å². The molecule has 0 bridgehead atoms. The molecule has 0 unspecified atom stereocenters. The monoisotopic (exact) mass is 478 g/mol. The van der Waals surface area contributed by atoms with Gasteiger partial charge in [0.05, 0.1) is 15.1 Å². The number of allylic oxidation sites excluding steroid dienone is 1. The van der Waals surface area contributed by atoms with Gasteiger partial charge >= 0.3 is 0 Å². The van der Waals surface area contributed by atoms with Crippen LogP contribution in [-0.2, 0) is 13.7 Å². The molecule has 0 N–H and O–H groups in total. The van der Waals surface area contributed by atoms with Crippen LogP contribution in [0.1, 0.15) is 22.0 Å². The summed E-state index contributed by atoms with van der Waals surface area (Å²) < 4.78 is 12.7. The van der Waals surface area contributed by atoms with Crippen molar-refractivity contribution in [1.29, 1.82) is 0 Å². The van der Waals surface area contributed by atoms with Crippen LogP contribution in [0, 0.1) is 0 Å². The molecule has 28 heavy (non-hydrogen) atoms. The van der Waals surface area contributed by atoms with Crippen LogP contribution in [0.2, 0.25) is 25.1 Å². The number of nitrogens with zero attached hydrogens (tertiary/aromatic N) is 2. The second-order valence-corrected chi connectivity index (χ2v) is 7.42. The molecule has 1 aromatic carbocycles. The first-order valence-corrected chi connectivity index (χ1v) is 9.62. The number of furan rings is 1. The van der Waals surface area contributed by atoms with E-state index in [2.05, 4.69) is 5.10 Å². The molecule has 5 nitrogen and oxygen atoms in total. The Bertz CT molecular complexity index is 1040. The minimum absolute atomic E-state index is 0.0112. The van der Waals surface area contributed by atoms with Gasteiger partial charge in [0.1, 0.15) is 33.9 Å². The number of hydrogen-bond acceptors (Lipinski definition) is 4. The molecule has 0 atom stereocenters. The second-order valence-electron chi connectivity index (χ2n) is 5.53. The predicted molar refractivity (Wildman–Crippen MR) is 111 cm³/mol. The topological polar surface area (TPSA) is 57.3 Å². The minimum atomic E-state index is -0.196. The van der Waals surface area contributed by atoms with E-state index in [9.17, 15) is 4.79 Å². The number of aromatic nitrogens is 2. The molecule has 0 saturated heterocycles. The van der Waals surface area contributed by atoms with E-state index in [1.54, 1.807) is 37.5 Å². The fraction of sp³-hybridized carbons (Fsp3) is 0.111. The quantitative estimate of drug-likeness (QED) is 0.169. The lowest BCUT2D eigenvalue weighted by molar-refractivity contribution is 0.103. The van der Waals surface area contributed by atoms with Crippen LogP contribution in [0.15, 0.2) is 34.9 Å². The van der Waals surface area contributed by atoms with Gasteiger partial charge in [-0.25, -0.2) is 0 Å². The highest BCUT2D eigenvalue weighted by atomic mass is 35.5. The fourth-order valence-corrected chi connectivity index (χ4v) is 3.51. The van der Waals surface area contributed by atoms with Crippen molar-refractivity contribution in [2.75, 3.05) is 0 Å². The Hall–Kier alpha value is -1.63. The Kier molecular flexibility index (Phi) is 6.63. The molecule has 0 amide bonds. The molecule has 146 valence electrons. The molecular weight excluding hydrogens is 469 g/mol. The fourth-order valence-electron chi connectivity index (χ4n) is 2.28. The molecule has 0 aliphatic heterocycles. The van der Waals surface area contributed by atoms with Crippen LogP contribution in [0.4, 0.5) is 0 Å². The summed E-state index contributed by atoms with van der Waals surface area (Å²) in [5, 5.41) is 4.20. The normalized spacial score (nSPS) is 11.4. The number of benzene rings is 1. The zero-order chi connectivity index (χ0) is 20.4. The van der Waals surface area contributed by atoms with Crippen molar-refractivity contribution in [3.05, 3.63) is 72.8 Å². The zero-order valence-corrected chi connectivity index (χ0v) is 18.0. The number of carbonyl (C=O) groups excluding carboxylic acids is 1. The van der Waals surface area contributed by atoms with Gasteiger partial charge in [0.15, 0.2) is 5.75 Å². The van der Waals surface area contributed by atoms with E-state index in [0.717, 1.165) is 0 Å². The zero-order valence-electron chi connectivity index (χ0n) is 14.2. The van der Waals surface area contributed by atoms with E-state index in [0.29, 0.717) is 17.2 Å². The molecule has 0 saturated carbocycles. The third-order valence-electron chi connectivity index (χ3n) is 3.68. The van der Waals surface area contributed by atoms with Crippen molar-refractivity contribution in [3.63, 3.8) is 0 Å². The first-order chi connectivity index (χ1) is 13.3. The predicted octanol–water partition coefficient (Wildman–Crippen LogP) is 6.76. The van der Waals surface area contributed by atoms with Gasteiger partial charge in [-0.2, -0.15) is 5.10 Å². The molecule has 0 radical (unpaired) electrons. The van der Waals surface area contributed by atoms with E-state index in [-0.39, 0.29) is 43.3 Å². The van der Waals surface area contributed by atoms with Gasteiger partial charge in [0, 0.05) is 13.2 Å². The van der Waals surface area contributed by atoms with Gasteiger partial charge in [-0.3, -0.25) is 9.48 Å². The largest absolute Gasteiger partial charge is 0.482 e. The molecule has 10 heteroatoms. The van der Waals surface area contributed by atoms with Crippen molar-refractivity contribution >= 4 is 69.9 Å². The molecule has 2 heterocycles. The summed E-state index contributed by atoms with van der Waals surface area (Å²) in [6.07, 6.45) is 4.50. The third kappa shape index (κ3) is 4.34. The van der Waals surface area contributed by atoms with Crippen molar-refractivity contribution in [3.8, 4) is 5.75 Å². The summed E-state index contributed by atoms with van der Waals surface area (Å²) in [7, 11) is 1.69. The van der Waals surface area contributed by atoms with Gasteiger partial charge in [0.2, 0.25) is 5.78 Å². The Labute approximate surface area is 185 Å². The molecule has 3 rings (SSSR count). The lowest BCUT2D eigenvalue weighted by Gasteiger charge is -2.12. The average molecular weight is 481 g/mol. The first-order valence-electron chi connectivity index (χ1n) is 7.73. The van der Waals surface area contributed by atoms with E-state index < -0.39 is 0 Å². The van der Waals surface area contributed by atoms with Crippen LogP contribution in [0.3, 0.4) is 0 Å². The molecule has 3 aromatic rings. The lowest BCUT2D eigenvalue weighted by Crippen LogP contribution is -2.03. The standard InChI is InChI=1S/C18H11Cl5N2O3/c1-25-11(6-7-24-25)12(26)5-4-9-2-3-10(28-9)8-27-18-16(22)14(20)13(19)15(21)17(18)23/h2-7H,8H2,1H3/b5-4+. The Balaban J connectivity index is 1.70. The summed E-state index contributed by atoms with van der Waals surface area (Å²) in [6, 6.07) is 5.01. The highest BCUT2D eigenvalue weighted by molar-refractivity contribution is 6.55. The highest BCUT2D eigenvalue weighted by Gasteiger charge is 2.21. The van der Waals surface area contributed by atoms with Gasteiger partial charge in [-0.1, -0.05) is 58.0 Å². The van der Waals surface area contributed by atoms with Crippen LogP contribution in [0.25, 0.3) is 6.08 Å². The highest BCUT2D eigenvalue weighted by Crippen LogP contribution is 2.48. The minimum Gasteiger partial charge on any atom is -0.482 e.